The molecule has 0 aliphatic rings. The van der Waals surface area contributed by atoms with Gasteiger partial charge in [-0.05, 0) is 18.2 Å². The van der Waals surface area contributed by atoms with Crippen LogP contribution in [0.3, 0.4) is 0 Å². The predicted molar refractivity (Wildman–Crippen MR) is 70.6 cm³/mol. The Morgan fingerprint density at radius 3 is 2.24 bits per heavy atom. The molecule has 1 rings (SSSR count). The van der Waals surface area contributed by atoms with Crippen LogP contribution in [0.1, 0.15) is 6.92 Å². The Balaban J connectivity index is 3.58. The summed E-state index contributed by atoms with van der Waals surface area (Å²) in [4.78, 5) is 0.107. The van der Waals surface area contributed by atoms with Crippen LogP contribution in [0.15, 0.2) is 26.9 Å². The minimum atomic E-state index is -4.24. The van der Waals surface area contributed by atoms with Crippen LogP contribution in [0.5, 0.6) is 0 Å². The number of nitrogens with zero attached hydrogens (tertiary/aromatic N) is 1. The maximum atomic E-state index is 12.3. The Morgan fingerprint density at radius 2 is 1.82 bits per heavy atom. The van der Waals surface area contributed by atoms with Crippen molar-refractivity contribution in [3.8, 4) is 0 Å². The molecule has 0 saturated heterocycles. The summed E-state index contributed by atoms with van der Waals surface area (Å²) in [6.07, 6.45) is 0. The third-order valence-electron chi connectivity index (χ3n) is 1.84. The Hall–Kier alpha value is -0.0100. The maximum Gasteiger partial charge on any atom is 0.347 e. The van der Waals surface area contributed by atoms with Gasteiger partial charge in [-0.3, -0.25) is 0 Å². The average molecular weight is 337 g/mol. The molecule has 1 aromatic rings. The molecule has 0 aliphatic carbocycles. The normalized spacial score (nSPS) is 15.3. The number of hydrogen-bond donors (Lipinski definition) is 0. The molecule has 0 amide bonds. The van der Waals surface area contributed by atoms with Gasteiger partial charge in [0.25, 0.3) is 0 Å². The van der Waals surface area contributed by atoms with E-state index in [-0.39, 0.29) is 15.7 Å². The number of benzene rings is 1. The molecule has 0 radical (unpaired) electrons. The molecule has 0 fully saturated rings. The van der Waals surface area contributed by atoms with E-state index < -0.39 is 19.0 Å². The minimum Gasteiger partial charge on any atom is -0.244 e. The summed E-state index contributed by atoms with van der Waals surface area (Å²) in [5.74, 6) is -0.0275. The van der Waals surface area contributed by atoms with Crippen molar-refractivity contribution in [2.45, 2.75) is 11.8 Å². The van der Waals surface area contributed by atoms with Gasteiger partial charge < -0.3 is 0 Å². The van der Waals surface area contributed by atoms with Crippen LogP contribution in [0.25, 0.3) is 0 Å². The molecule has 1 unspecified atom stereocenters. The summed E-state index contributed by atoms with van der Waals surface area (Å²) in [6, 6.07) is 4.20. The fourth-order valence-electron chi connectivity index (χ4n) is 1.13. The second kappa shape index (κ2) is 5.32. The Kier molecular flexibility index (Phi) is 4.71. The fourth-order valence-corrected chi connectivity index (χ4v) is 5.56. The van der Waals surface area contributed by atoms with Gasteiger partial charge in [0.2, 0.25) is 0 Å². The molecular weight excluding hydrogens is 329 g/mol. The zero-order valence-corrected chi connectivity index (χ0v) is 12.5. The highest BCUT2D eigenvalue weighted by Crippen LogP contribution is 2.28. The van der Waals surface area contributed by atoms with Gasteiger partial charge >= 0.3 is 9.24 Å². The lowest BCUT2D eigenvalue weighted by Gasteiger charge is -2.08. The van der Waals surface area contributed by atoms with E-state index in [1.165, 1.54) is 25.1 Å². The maximum absolute atomic E-state index is 12.3. The molecule has 0 aromatic heterocycles. The van der Waals surface area contributed by atoms with Gasteiger partial charge in [-0.1, -0.05) is 33.9 Å². The van der Waals surface area contributed by atoms with Gasteiger partial charge in [-0.25, -0.2) is 4.21 Å². The van der Waals surface area contributed by atoms with Crippen LogP contribution in [0, 0.1) is 0 Å². The zero-order chi connectivity index (χ0) is 13.3. The first-order chi connectivity index (χ1) is 7.68. The summed E-state index contributed by atoms with van der Waals surface area (Å²) >= 11 is 11.6. The Morgan fingerprint density at radius 1 is 1.24 bits per heavy atom. The molecule has 17 heavy (non-hydrogen) atoms. The topological polar surface area (TPSA) is 63.6 Å². The van der Waals surface area contributed by atoms with E-state index in [1.54, 1.807) is 0 Å². The van der Waals surface area contributed by atoms with E-state index in [0.29, 0.717) is 5.02 Å². The van der Waals surface area contributed by atoms with Crippen molar-refractivity contribution < 1.29 is 12.6 Å². The molecule has 0 saturated carbocycles. The molecule has 96 valence electrons. The molecule has 9 heteroatoms. The molecule has 0 aliphatic heterocycles. The molecule has 0 spiro atoms. The molecule has 1 aromatic carbocycles. The van der Waals surface area contributed by atoms with Crippen molar-refractivity contribution in [1.29, 1.82) is 0 Å². The van der Waals surface area contributed by atoms with Crippen LogP contribution in [0.4, 0.5) is 0 Å². The fraction of sp³-hybridized carbons (Fsp3) is 0.250. The van der Waals surface area contributed by atoms with Crippen LogP contribution in [-0.2, 0) is 19.0 Å². The number of halogens is 3. The van der Waals surface area contributed by atoms with E-state index >= 15 is 0 Å². The molecule has 0 bridgehead atoms. The summed E-state index contributed by atoms with van der Waals surface area (Å²) in [5.41, 5.74) is 0. The smallest absolute Gasteiger partial charge is 0.244 e. The van der Waals surface area contributed by atoms with Crippen molar-refractivity contribution in [2.75, 3.05) is 5.75 Å². The van der Waals surface area contributed by atoms with E-state index in [0.717, 1.165) is 0 Å². The van der Waals surface area contributed by atoms with Crippen molar-refractivity contribution in [1.82, 2.24) is 0 Å². The highest BCUT2D eigenvalue weighted by molar-refractivity contribution is 8.17. The standard InChI is InChI=1S/C8H8Cl3NO3S2/c1-2-16(13,12-17(11,14)15)8-4-3-6(9)5-7(8)10/h3-5H,2H2,1H3. The summed E-state index contributed by atoms with van der Waals surface area (Å²) < 4.78 is 37.3. The first-order valence-electron chi connectivity index (χ1n) is 4.34. The monoisotopic (exact) mass is 335 g/mol. The highest BCUT2D eigenvalue weighted by atomic mass is 35.7. The van der Waals surface area contributed by atoms with Crippen molar-refractivity contribution in [3.05, 3.63) is 28.2 Å². The lowest BCUT2D eigenvalue weighted by Crippen LogP contribution is -2.06. The third kappa shape index (κ3) is 3.99. The summed E-state index contributed by atoms with van der Waals surface area (Å²) in [6.45, 7) is 1.53. The summed E-state index contributed by atoms with van der Waals surface area (Å²) in [5, 5.41) is 0.443. The second-order valence-electron chi connectivity index (χ2n) is 2.99. The van der Waals surface area contributed by atoms with E-state index in [1.807, 2.05) is 0 Å². The number of hydrogen-bond acceptors (Lipinski definition) is 3. The van der Waals surface area contributed by atoms with E-state index in [2.05, 4.69) is 3.77 Å². The van der Waals surface area contributed by atoms with Gasteiger partial charge in [0.1, 0.15) is 0 Å². The zero-order valence-electron chi connectivity index (χ0n) is 8.56. The first kappa shape index (κ1) is 15.0. The molecule has 0 N–H and O–H groups in total. The highest BCUT2D eigenvalue weighted by Gasteiger charge is 2.18. The van der Waals surface area contributed by atoms with Crippen molar-refractivity contribution in [2.24, 2.45) is 3.77 Å². The lowest BCUT2D eigenvalue weighted by molar-refractivity contribution is 0.611. The van der Waals surface area contributed by atoms with Crippen LogP contribution in [0.2, 0.25) is 10.0 Å². The van der Waals surface area contributed by atoms with Gasteiger partial charge in [0.15, 0.2) is 0 Å². The largest absolute Gasteiger partial charge is 0.347 e. The van der Waals surface area contributed by atoms with Gasteiger partial charge in [-0.2, -0.15) is 8.42 Å². The van der Waals surface area contributed by atoms with Crippen molar-refractivity contribution in [3.63, 3.8) is 0 Å². The number of rotatable bonds is 3. The van der Waals surface area contributed by atoms with Crippen molar-refractivity contribution >= 4 is 52.9 Å². The minimum absolute atomic E-state index is 0.0275. The Labute approximate surface area is 115 Å². The molecule has 4 nitrogen and oxygen atoms in total. The van der Waals surface area contributed by atoms with Gasteiger partial charge in [0.05, 0.1) is 19.6 Å². The van der Waals surface area contributed by atoms with Crippen LogP contribution in [-0.4, -0.2) is 18.4 Å². The van der Waals surface area contributed by atoms with E-state index in [9.17, 15) is 12.6 Å². The summed E-state index contributed by atoms with van der Waals surface area (Å²) in [7, 11) is -2.45. The lowest BCUT2D eigenvalue weighted by atomic mass is 10.4. The van der Waals surface area contributed by atoms with Crippen LogP contribution < -0.4 is 0 Å². The second-order valence-corrected chi connectivity index (χ2v) is 8.72. The van der Waals surface area contributed by atoms with Gasteiger partial charge in [0, 0.05) is 21.5 Å². The SMILES string of the molecule is CCS(=O)(=NS(=O)(=O)Cl)c1ccc(Cl)cc1Cl. The molecule has 1 atom stereocenters. The first-order valence-corrected chi connectivity index (χ1v) is 9.04. The van der Waals surface area contributed by atoms with Crippen LogP contribution >= 0.6 is 33.9 Å². The third-order valence-corrected chi connectivity index (χ3v) is 6.51. The quantitative estimate of drug-likeness (QED) is 0.795. The van der Waals surface area contributed by atoms with Gasteiger partial charge in [-0.15, -0.1) is 0 Å². The van der Waals surface area contributed by atoms with E-state index in [4.69, 9.17) is 33.9 Å². The molecular formula is C8H8Cl3NO3S2. The Bertz CT molecular complexity index is 648. The average Bonchev–Trinajstić information content (AvgIpc) is 2.14. The predicted octanol–water partition coefficient (Wildman–Crippen LogP) is 3.32. The molecule has 0 heterocycles.